The molecule has 0 saturated carbocycles. The Balaban J connectivity index is 2.05. The second-order valence-corrected chi connectivity index (χ2v) is 4.39. The fraction of sp³-hybridized carbons (Fsp3) is 0.308. The van der Waals surface area contributed by atoms with Gasteiger partial charge >= 0.3 is 0 Å². The highest BCUT2D eigenvalue weighted by Crippen LogP contribution is 2.27. The number of rotatable bonds is 1. The third-order valence-electron chi connectivity index (χ3n) is 2.83. The van der Waals surface area contributed by atoms with Crippen LogP contribution in [0.1, 0.15) is 11.8 Å². The molecule has 1 aliphatic heterocycles. The number of benzene rings is 1. The van der Waals surface area contributed by atoms with Gasteiger partial charge in [0.05, 0.1) is 36.1 Å². The van der Waals surface area contributed by atoms with Crippen LogP contribution in [0.2, 0.25) is 5.02 Å². The van der Waals surface area contributed by atoms with Gasteiger partial charge in [0.15, 0.2) is 0 Å². The number of fused-ring (bicyclic) bond motifs is 1. The maximum Gasteiger partial charge on any atom is 0.123 e. The molecule has 1 aromatic heterocycles. The van der Waals surface area contributed by atoms with E-state index in [2.05, 4.69) is 4.98 Å². The Morgan fingerprint density at radius 1 is 1.24 bits per heavy atom. The van der Waals surface area contributed by atoms with Gasteiger partial charge in [-0.3, -0.25) is 0 Å². The largest absolute Gasteiger partial charge is 0.376 e. The summed E-state index contributed by atoms with van der Waals surface area (Å²) in [5.74, 6) is 0. The van der Waals surface area contributed by atoms with Gasteiger partial charge in [-0.2, -0.15) is 0 Å². The topological polar surface area (TPSA) is 31.4 Å². The highest BCUT2D eigenvalue weighted by molar-refractivity contribution is 6.35. The lowest BCUT2D eigenvalue weighted by Gasteiger charge is -2.22. The average Bonchev–Trinajstić information content (AvgIpc) is 2.40. The number of nitrogens with zero attached hydrogens (tertiary/aromatic N) is 1. The van der Waals surface area contributed by atoms with E-state index < -0.39 is 0 Å². The maximum atomic E-state index is 6.25. The first-order valence-electron chi connectivity index (χ1n) is 5.59. The van der Waals surface area contributed by atoms with Gasteiger partial charge in [0.2, 0.25) is 0 Å². The highest BCUT2D eigenvalue weighted by atomic mass is 35.5. The van der Waals surface area contributed by atoms with Crippen LogP contribution < -0.4 is 0 Å². The molecule has 1 atom stereocenters. The van der Waals surface area contributed by atoms with Crippen LogP contribution in [0.4, 0.5) is 0 Å². The van der Waals surface area contributed by atoms with Crippen molar-refractivity contribution >= 4 is 22.5 Å². The van der Waals surface area contributed by atoms with Crippen molar-refractivity contribution in [2.24, 2.45) is 0 Å². The first-order chi connectivity index (χ1) is 8.34. The van der Waals surface area contributed by atoms with Gasteiger partial charge in [0.25, 0.3) is 0 Å². The molecular weight excluding hydrogens is 238 g/mol. The molecule has 0 aliphatic carbocycles. The Hall–Kier alpha value is -1.16. The van der Waals surface area contributed by atoms with Gasteiger partial charge in [-0.15, -0.1) is 0 Å². The van der Waals surface area contributed by atoms with Gasteiger partial charge in [-0.05, 0) is 12.1 Å². The van der Waals surface area contributed by atoms with Crippen molar-refractivity contribution in [2.75, 3.05) is 19.8 Å². The van der Waals surface area contributed by atoms with Gasteiger partial charge in [-0.25, -0.2) is 4.98 Å². The van der Waals surface area contributed by atoms with Crippen molar-refractivity contribution in [1.82, 2.24) is 4.98 Å². The molecule has 3 nitrogen and oxygen atoms in total. The third-order valence-corrected chi connectivity index (χ3v) is 3.14. The molecule has 1 fully saturated rings. The minimum Gasteiger partial charge on any atom is -0.376 e. The van der Waals surface area contributed by atoms with Crippen LogP contribution >= 0.6 is 11.6 Å². The number of ether oxygens (including phenoxy) is 2. The molecular formula is C13H12ClNO2. The molecule has 88 valence electrons. The molecule has 3 rings (SSSR count). The Morgan fingerprint density at radius 2 is 2.12 bits per heavy atom. The molecule has 4 heteroatoms. The van der Waals surface area contributed by atoms with E-state index in [0.717, 1.165) is 16.6 Å². The van der Waals surface area contributed by atoms with Crippen LogP contribution in [0.15, 0.2) is 30.3 Å². The molecule has 1 unspecified atom stereocenters. The molecule has 2 heterocycles. The number of aromatic nitrogens is 1. The SMILES string of the molecule is Clc1cc(C2COCCO2)nc2ccccc12. The summed E-state index contributed by atoms with van der Waals surface area (Å²) in [5.41, 5.74) is 1.73. The second-order valence-electron chi connectivity index (χ2n) is 3.98. The van der Waals surface area contributed by atoms with Crippen molar-refractivity contribution in [1.29, 1.82) is 0 Å². The fourth-order valence-corrected chi connectivity index (χ4v) is 2.25. The van der Waals surface area contributed by atoms with E-state index in [1.165, 1.54) is 0 Å². The van der Waals surface area contributed by atoms with Gasteiger partial charge < -0.3 is 9.47 Å². The Morgan fingerprint density at radius 3 is 2.94 bits per heavy atom. The molecule has 2 aromatic rings. The molecule has 0 N–H and O–H groups in total. The summed E-state index contributed by atoms with van der Waals surface area (Å²) in [6.07, 6.45) is -0.106. The molecule has 0 amide bonds. The summed E-state index contributed by atoms with van der Waals surface area (Å²) in [4.78, 5) is 4.57. The smallest absolute Gasteiger partial charge is 0.123 e. The first-order valence-corrected chi connectivity index (χ1v) is 5.97. The van der Waals surface area contributed by atoms with E-state index in [-0.39, 0.29) is 6.10 Å². The summed E-state index contributed by atoms with van der Waals surface area (Å²) in [5, 5.41) is 1.68. The van der Waals surface area contributed by atoms with Crippen molar-refractivity contribution in [3.63, 3.8) is 0 Å². The van der Waals surface area contributed by atoms with Crippen LogP contribution in [-0.4, -0.2) is 24.8 Å². The molecule has 0 bridgehead atoms. The lowest BCUT2D eigenvalue weighted by atomic mass is 10.1. The van der Waals surface area contributed by atoms with E-state index in [0.29, 0.717) is 24.8 Å². The van der Waals surface area contributed by atoms with E-state index in [4.69, 9.17) is 21.1 Å². The van der Waals surface area contributed by atoms with Gasteiger partial charge in [0.1, 0.15) is 6.10 Å². The molecule has 1 aromatic carbocycles. The molecule has 0 spiro atoms. The third kappa shape index (κ3) is 2.14. The zero-order valence-corrected chi connectivity index (χ0v) is 9.98. The highest BCUT2D eigenvalue weighted by Gasteiger charge is 2.19. The number of para-hydroxylation sites is 1. The van der Waals surface area contributed by atoms with E-state index >= 15 is 0 Å². The Kier molecular flexibility index (Phi) is 2.97. The average molecular weight is 250 g/mol. The van der Waals surface area contributed by atoms with E-state index in [1.54, 1.807) is 0 Å². The van der Waals surface area contributed by atoms with Crippen LogP contribution in [0.25, 0.3) is 10.9 Å². The number of hydrogen-bond donors (Lipinski definition) is 0. The quantitative estimate of drug-likeness (QED) is 0.779. The van der Waals surface area contributed by atoms with Crippen molar-refractivity contribution in [3.05, 3.63) is 41.0 Å². The van der Waals surface area contributed by atoms with Crippen LogP contribution in [-0.2, 0) is 9.47 Å². The van der Waals surface area contributed by atoms with Crippen LogP contribution in [0.3, 0.4) is 0 Å². The second kappa shape index (κ2) is 4.61. The lowest BCUT2D eigenvalue weighted by Crippen LogP contribution is -2.22. The molecule has 0 radical (unpaired) electrons. The number of pyridine rings is 1. The van der Waals surface area contributed by atoms with Crippen molar-refractivity contribution in [3.8, 4) is 0 Å². The lowest BCUT2D eigenvalue weighted by molar-refractivity contribution is -0.0916. The number of hydrogen-bond acceptors (Lipinski definition) is 3. The Bertz CT molecular complexity index is 538. The molecule has 17 heavy (non-hydrogen) atoms. The first kappa shape index (κ1) is 11.0. The van der Waals surface area contributed by atoms with Crippen molar-refractivity contribution in [2.45, 2.75) is 6.10 Å². The van der Waals surface area contributed by atoms with E-state index in [9.17, 15) is 0 Å². The van der Waals surface area contributed by atoms with Crippen LogP contribution in [0.5, 0.6) is 0 Å². The van der Waals surface area contributed by atoms with Crippen molar-refractivity contribution < 1.29 is 9.47 Å². The van der Waals surface area contributed by atoms with Crippen LogP contribution in [0, 0.1) is 0 Å². The summed E-state index contributed by atoms with van der Waals surface area (Å²) in [6.45, 7) is 1.80. The normalized spacial score (nSPS) is 20.6. The summed E-state index contributed by atoms with van der Waals surface area (Å²) < 4.78 is 11.0. The monoisotopic (exact) mass is 249 g/mol. The zero-order chi connectivity index (χ0) is 11.7. The summed E-state index contributed by atoms with van der Waals surface area (Å²) in [7, 11) is 0. The maximum absolute atomic E-state index is 6.25. The fourth-order valence-electron chi connectivity index (χ4n) is 1.98. The number of halogens is 1. The standard InChI is InChI=1S/C13H12ClNO2/c14-10-7-12(13-8-16-5-6-17-13)15-11-4-2-1-3-9(10)11/h1-4,7,13H,5-6,8H2. The molecule has 1 aliphatic rings. The van der Waals surface area contributed by atoms with E-state index in [1.807, 2.05) is 30.3 Å². The van der Waals surface area contributed by atoms with Gasteiger partial charge in [-0.1, -0.05) is 29.8 Å². The Labute approximate surface area is 104 Å². The van der Waals surface area contributed by atoms with Gasteiger partial charge in [0, 0.05) is 5.39 Å². The minimum absolute atomic E-state index is 0.106. The minimum atomic E-state index is -0.106. The summed E-state index contributed by atoms with van der Waals surface area (Å²) >= 11 is 6.25. The molecule has 1 saturated heterocycles. The predicted molar refractivity (Wildman–Crippen MR) is 66.3 cm³/mol. The predicted octanol–water partition coefficient (Wildman–Crippen LogP) is 2.98. The zero-order valence-electron chi connectivity index (χ0n) is 9.23. The summed E-state index contributed by atoms with van der Waals surface area (Å²) in [6, 6.07) is 9.69.